The molecule has 5 nitrogen and oxygen atoms in total. The molecule has 0 aromatic heterocycles. The van der Waals surface area contributed by atoms with Crippen LogP contribution in [0.5, 0.6) is 0 Å². The van der Waals surface area contributed by atoms with Crippen LogP contribution in [0.1, 0.15) is 10.4 Å². The first-order valence-electron chi connectivity index (χ1n) is 8.18. The topological polar surface area (TPSA) is 66.5 Å². The molecule has 3 aromatic rings. The van der Waals surface area contributed by atoms with E-state index in [4.69, 9.17) is 0 Å². The molecule has 1 aliphatic rings. The number of benzene rings is 3. The lowest BCUT2D eigenvalue weighted by molar-refractivity contribution is 0.102. The number of anilines is 2. The van der Waals surface area contributed by atoms with Crippen LogP contribution in [0.2, 0.25) is 0 Å². The number of fused-ring (bicyclic) bond motifs is 3. The van der Waals surface area contributed by atoms with Gasteiger partial charge in [0.1, 0.15) is 5.82 Å². The van der Waals surface area contributed by atoms with Gasteiger partial charge in [-0.15, -0.1) is 0 Å². The molecule has 4 rings (SSSR count). The first-order chi connectivity index (χ1) is 12.9. The highest BCUT2D eigenvalue weighted by Crippen LogP contribution is 2.42. The number of para-hydroxylation sites is 1. The van der Waals surface area contributed by atoms with Gasteiger partial charge < -0.3 is 5.32 Å². The lowest BCUT2D eigenvalue weighted by Gasteiger charge is -2.29. The van der Waals surface area contributed by atoms with Crippen molar-refractivity contribution in [3.63, 3.8) is 0 Å². The number of hydrogen-bond donors (Lipinski definition) is 1. The van der Waals surface area contributed by atoms with Gasteiger partial charge in [-0.05, 0) is 36.4 Å². The van der Waals surface area contributed by atoms with Gasteiger partial charge in [-0.3, -0.25) is 9.10 Å². The summed E-state index contributed by atoms with van der Waals surface area (Å²) in [5.41, 5.74) is 2.03. The summed E-state index contributed by atoms with van der Waals surface area (Å²) in [6, 6.07) is 17.3. The van der Waals surface area contributed by atoms with Crippen LogP contribution in [0.15, 0.2) is 71.6 Å². The van der Waals surface area contributed by atoms with Gasteiger partial charge in [0.25, 0.3) is 15.9 Å². The highest BCUT2D eigenvalue weighted by atomic mass is 32.2. The van der Waals surface area contributed by atoms with E-state index in [1.165, 1.54) is 41.7 Å². The summed E-state index contributed by atoms with van der Waals surface area (Å²) in [5, 5.41) is 2.54. The van der Waals surface area contributed by atoms with Crippen molar-refractivity contribution in [3.05, 3.63) is 78.1 Å². The number of halogens is 1. The van der Waals surface area contributed by atoms with Crippen LogP contribution < -0.4 is 9.62 Å². The van der Waals surface area contributed by atoms with E-state index in [-0.39, 0.29) is 10.6 Å². The molecule has 1 N–H and O–H groups in total. The summed E-state index contributed by atoms with van der Waals surface area (Å²) in [7, 11) is -2.16. The molecule has 0 unspecified atom stereocenters. The monoisotopic (exact) mass is 382 g/mol. The predicted octanol–water partition coefficient (Wildman–Crippen LogP) is 3.88. The zero-order valence-electron chi connectivity index (χ0n) is 14.3. The fourth-order valence-electron chi connectivity index (χ4n) is 3.12. The van der Waals surface area contributed by atoms with E-state index >= 15 is 0 Å². The minimum Gasteiger partial charge on any atom is -0.319 e. The molecule has 27 heavy (non-hydrogen) atoms. The van der Waals surface area contributed by atoms with E-state index in [1.807, 2.05) is 0 Å². The highest BCUT2D eigenvalue weighted by molar-refractivity contribution is 7.93. The average Bonchev–Trinajstić information content (AvgIpc) is 2.68. The summed E-state index contributed by atoms with van der Waals surface area (Å²) in [6.45, 7) is 0. The van der Waals surface area contributed by atoms with Crippen LogP contribution in [-0.4, -0.2) is 21.4 Å². The molecule has 0 saturated carbocycles. The van der Waals surface area contributed by atoms with E-state index in [2.05, 4.69) is 5.32 Å². The number of amides is 1. The van der Waals surface area contributed by atoms with Crippen molar-refractivity contribution in [1.82, 2.24) is 0 Å². The van der Waals surface area contributed by atoms with E-state index in [1.54, 1.807) is 36.4 Å². The number of nitrogens with zero attached hydrogens (tertiary/aromatic N) is 1. The van der Waals surface area contributed by atoms with E-state index in [0.29, 0.717) is 22.4 Å². The molecule has 0 aliphatic carbocycles. The largest absolute Gasteiger partial charge is 0.319 e. The van der Waals surface area contributed by atoms with Crippen molar-refractivity contribution in [2.45, 2.75) is 4.90 Å². The third-order valence-electron chi connectivity index (χ3n) is 4.54. The smallest absolute Gasteiger partial charge is 0.264 e. The Morgan fingerprint density at radius 1 is 0.963 bits per heavy atom. The number of sulfonamides is 1. The van der Waals surface area contributed by atoms with E-state index in [0.717, 1.165) is 0 Å². The normalized spacial score (nSPS) is 14.2. The molecule has 0 bridgehead atoms. The van der Waals surface area contributed by atoms with Crippen LogP contribution in [0, 0.1) is 5.82 Å². The fourth-order valence-corrected chi connectivity index (χ4v) is 4.54. The Balaban J connectivity index is 1.79. The maximum atomic E-state index is 13.8. The van der Waals surface area contributed by atoms with Crippen molar-refractivity contribution in [2.24, 2.45) is 0 Å². The zero-order chi connectivity index (χ0) is 19.2. The quantitative estimate of drug-likeness (QED) is 0.731. The van der Waals surface area contributed by atoms with E-state index in [9.17, 15) is 17.6 Å². The Hall–Kier alpha value is -3.19. The Labute approximate surface area is 156 Å². The molecule has 7 heteroatoms. The van der Waals surface area contributed by atoms with Crippen LogP contribution in [0.25, 0.3) is 11.1 Å². The van der Waals surface area contributed by atoms with Crippen molar-refractivity contribution in [1.29, 1.82) is 0 Å². The van der Waals surface area contributed by atoms with Crippen LogP contribution in [-0.2, 0) is 10.0 Å². The van der Waals surface area contributed by atoms with Gasteiger partial charge in [-0.25, -0.2) is 12.8 Å². The Morgan fingerprint density at radius 2 is 1.67 bits per heavy atom. The van der Waals surface area contributed by atoms with Gasteiger partial charge in [-0.2, -0.15) is 0 Å². The Morgan fingerprint density at radius 3 is 2.44 bits per heavy atom. The van der Waals surface area contributed by atoms with Crippen LogP contribution >= 0.6 is 0 Å². The Bertz CT molecular complexity index is 1180. The summed E-state index contributed by atoms with van der Waals surface area (Å²) < 4.78 is 40.3. The minimum absolute atomic E-state index is 0.0836. The molecule has 3 aromatic carbocycles. The summed E-state index contributed by atoms with van der Waals surface area (Å²) in [4.78, 5) is 12.8. The van der Waals surface area contributed by atoms with Gasteiger partial charge in [0.15, 0.2) is 0 Å². The number of nitrogens with one attached hydrogen (secondary N) is 1. The molecule has 136 valence electrons. The SMILES string of the molecule is CN1c2ccc(C(=O)Nc3ccccc3F)cc2-c2ccccc2S1(=O)=O. The zero-order valence-corrected chi connectivity index (χ0v) is 15.1. The second kappa shape index (κ2) is 6.21. The van der Waals surface area contributed by atoms with Gasteiger partial charge in [0.2, 0.25) is 0 Å². The van der Waals surface area contributed by atoms with Gasteiger partial charge >= 0.3 is 0 Å². The second-order valence-electron chi connectivity index (χ2n) is 6.13. The molecular weight excluding hydrogens is 367 g/mol. The molecule has 0 atom stereocenters. The van der Waals surface area contributed by atoms with E-state index < -0.39 is 21.7 Å². The predicted molar refractivity (Wildman–Crippen MR) is 102 cm³/mol. The minimum atomic E-state index is -3.64. The third-order valence-corrected chi connectivity index (χ3v) is 6.37. The molecule has 1 aliphatic heterocycles. The molecule has 0 spiro atoms. The molecule has 1 amide bonds. The van der Waals surface area contributed by atoms with Crippen LogP contribution in [0.4, 0.5) is 15.8 Å². The summed E-state index contributed by atoms with van der Waals surface area (Å²) >= 11 is 0. The number of hydrogen-bond acceptors (Lipinski definition) is 3. The van der Waals surface area contributed by atoms with Crippen molar-refractivity contribution >= 4 is 27.3 Å². The van der Waals surface area contributed by atoms with Crippen molar-refractivity contribution in [3.8, 4) is 11.1 Å². The fraction of sp³-hybridized carbons (Fsp3) is 0.0500. The number of carbonyl (C=O) groups is 1. The standard InChI is InChI=1S/C20H15FN2O3S/c1-23-18-11-10-13(20(24)22-17-8-4-3-7-16(17)21)12-15(18)14-6-2-5-9-19(14)27(23,25)26/h2-12H,1H3,(H,22,24). The third kappa shape index (κ3) is 2.76. The molecule has 0 saturated heterocycles. The molecule has 0 fully saturated rings. The molecule has 1 heterocycles. The summed E-state index contributed by atoms with van der Waals surface area (Å²) in [6.07, 6.45) is 0. The van der Waals surface area contributed by atoms with Crippen LogP contribution in [0.3, 0.4) is 0 Å². The lowest BCUT2D eigenvalue weighted by atomic mass is 10.00. The van der Waals surface area contributed by atoms with Crippen molar-refractivity contribution in [2.75, 3.05) is 16.7 Å². The van der Waals surface area contributed by atoms with Gasteiger partial charge in [0.05, 0.1) is 16.3 Å². The maximum absolute atomic E-state index is 13.8. The highest BCUT2D eigenvalue weighted by Gasteiger charge is 2.32. The molecular formula is C20H15FN2O3S. The second-order valence-corrected chi connectivity index (χ2v) is 8.07. The first-order valence-corrected chi connectivity index (χ1v) is 9.62. The lowest BCUT2D eigenvalue weighted by Crippen LogP contribution is -2.30. The number of rotatable bonds is 2. The first kappa shape index (κ1) is 17.2. The number of carbonyl (C=O) groups excluding carboxylic acids is 1. The van der Waals surface area contributed by atoms with Gasteiger partial charge in [0, 0.05) is 23.7 Å². The average molecular weight is 382 g/mol. The molecule has 0 radical (unpaired) electrons. The van der Waals surface area contributed by atoms with Gasteiger partial charge in [-0.1, -0.05) is 30.3 Å². The maximum Gasteiger partial charge on any atom is 0.264 e. The summed E-state index contributed by atoms with van der Waals surface area (Å²) in [5.74, 6) is -1.00. The van der Waals surface area contributed by atoms with Crippen molar-refractivity contribution < 1.29 is 17.6 Å². The Kier molecular flexibility index (Phi) is 3.96.